The Bertz CT molecular complexity index is 1670. The summed E-state index contributed by atoms with van der Waals surface area (Å²) in [6.45, 7) is 0.570. The van der Waals surface area contributed by atoms with Crippen LogP contribution in [0.1, 0.15) is 22.7 Å². The zero-order valence-electron chi connectivity index (χ0n) is 24.5. The second-order valence-corrected chi connectivity index (χ2v) is 10.7. The lowest BCUT2D eigenvalue weighted by Crippen LogP contribution is -2.59. The van der Waals surface area contributed by atoms with E-state index in [2.05, 4.69) is 10.3 Å². The van der Waals surface area contributed by atoms with Gasteiger partial charge >= 0.3 is 0 Å². The molecule has 0 saturated carbocycles. The molecule has 0 radical (unpaired) electrons. The fourth-order valence-electron chi connectivity index (χ4n) is 5.19. The van der Waals surface area contributed by atoms with E-state index in [1.54, 1.807) is 0 Å². The van der Waals surface area contributed by atoms with Crippen LogP contribution in [0, 0.1) is 17.5 Å². The van der Waals surface area contributed by atoms with Gasteiger partial charge in [0.15, 0.2) is 23.7 Å². The van der Waals surface area contributed by atoms with Gasteiger partial charge in [-0.2, -0.15) is 0 Å². The smallest absolute Gasteiger partial charge is 0.194 e. The van der Waals surface area contributed by atoms with Gasteiger partial charge in [-0.3, -0.25) is 10.0 Å². The summed E-state index contributed by atoms with van der Waals surface area (Å²) in [6.07, 6.45) is -1.44. The zero-order valence-corrected chi connectivity index (χ0v) is 24.5. The molecule has 1 aliphatic rings. The zero-order chi connectivity index (χ0) is 31.9. The Morgan fingerprint density at radius 1 is 0.739 bits per heavy atom. The van der Waals surface area contributed by atoms with Crippen LogP contribution in [0.2, 0.25) is 0 Å². The Morgan fingerprint density at radius 3 is 1.87 bits per heavy atom. The van der Waals surface area contributed by atoms with Gasteiger partial charge in [0, 0.05) is 5.56 Å². The number of nitrogens with zero attached hydrogens (tertiary/aromatic N) is 4. The molecular formula is C34H31F3N4O5. The van der Waals surface area contributed by atoms with E-state index >= 15 is 0 Å². The minimum absolute atomic E-state index is 0.0171. The molecule has 1 N–H and O–H groups in total. The number of ether oxygens (including phenoxy) is 3. The van der Waals surface area contributed by atoms with E-state index in [0.717, 1.165) is 28.8 Å². The monoisotopic (exact) mass is 632 g/mol. The fourth-order valence-corrected chi connectivity index (χ4v) is 5.19. The highest BCUT2D eigenvalue weighted by atomic mass is 19.2. The molecule has 0 spiro atoms. The molecule has 46 heavy (non-hydrogen) atoms. The summed E-state index contributed by atoms with van der Waals surface area (Å²) in [4.78, 5) is 5.93. The maximum Gasteiger partial charge on any atom is 0.194 e. The van der Waals surface area contributed by atoms with E-state index in [-0.39, 0.29) is 37.7 Å². The van der Waals surface area contributed by atoms with Crippen LogP contribution in [0.5, 0.6) is 0 Å². The lowest BCUT2D eigenvalue weighted by atomic mass is 10.0. The normalized spacial score (nSPS) is 20.2. The van der Waals surface area contributed by atoms with Gasteiger partial charge < -0.3 is 14.2 Å². The van der Waals surface area contributed by atoms with Gasteiger partial charge in [0.05, 0.1) is 32.6 Å². The van der Waals surface area contributed by atoms with Gasteiger partial charge in [-0.25, -0.2) is 17.9 Å². The maximum absolute atomic E-state index is 14.1. The molecule has 1 fully saturated rings. The lowest BCUT2D eigenvalue weighted by Gasteiger charge is -2.44. The lowest BCUT2D eigenvalue weighted by molar-refractivity contribution is -0.464. The van der Waals surface area contributed by atoms with Crippen LogP contribution in [0.3, 0.4) is 0 Å². The molecule has 4 atom stereocenters. The Hall–Kier alpha value is -4.43. The Morgan fingerprint density at radius 2 is 1.28 bits per heavy atom. The van der Waals surface area contributed by atoms with Crippen LogP contribution in [0.15, 0.2) is 109 Å². The molecule has 4 aromatic carbocycles. The summed E-state index contributed by atoms with van der Waals surface area (Å²) in [7, 11) is 0. The van der Waals surface area contributed by atoms with Crippen molar-refractivity contribution in [3.05, 3.63) is 143 Å². The van der Waals surface area contributed by atoms with Crippen molar-refractivity contribution >= 4 is 0 Å². The van der Waals surface area contributed by atoms with Gasteiger partial charge in [-0.1, -0.05) is 96.2 Å². The average Bonchev–Trinajstić information content (AvgIpc) is 3.57. The second-order valence-electron chi connectivity index (χ2n) is 10.7. The molecule has 9 nitrogen and oxygen atoms in total. The molecule has 1 saturated heterocycles. The number of rotatable bonds is 12. The highest BCUT2D eigenvalue weighted by Crippen LogP contribution is 2.35. The van der Waals surface area contributed by atoms with E-state index < -0.39 is 41.9 Å². The first kappa shape index (κ1) is 31.5. The standard InChI is InChI=1S/C34H31F3N4O5/c35-27-16-26(17-28(36)31(27)37)29-18-40(39-38-29)32-33(44-20-24-12-6-2-7-13-24)30(22-43-19-23-10-4-1-5-11-23)46-41(42)34(32)45-21-25-14-8-3-9-15-25/h1-18,30,32-34,42H,19-22H2/t30?,32?,33-,34?/m0/s1. The molecule has 1 aliphatic heterocycles. The number of halogens is 3. The number of hydroxylamine groups is 2. The summed E-state index contributed by atoms with van der Waals surface area (Å²) in [5, 5.41) is 20.1. The molecule has 238 valence electrons. The van der Waals surface area contributed by atoms with Crippen molar-refractivity contribution in [1.82, 2.24) is 20.2 Å². The molecule has 1 aromatic heterocycles. The number of hydrogen-bond donors (Lipinski definition) is 1. The first-order chi connectivity index (χ1) is 22.5. The summed E-state index contributed by atoms with van der Waals surface area (Å²) in [6, 6.07) is 29.2. The molecule has 12 heteroatoms. The van der Waals surface area contributed by atoms with Crippen LogP contribution in [0.25, 0.3) is 11.3 Å². The maximum atomic E-state index is 14.1. The van der Waals surface area contributed by atoms with Gasteiger partial charge in [-0.05, 0) is 34.0 Å². The quantitative estimate of drug-likeness (QED) is 0.162. The molecule has 6 rings (SSSR count). The molecule has 0 amide bonds. The van der Waals surface area contributed by atoms with Crippen LogP contribution >= 0.6 is 0 Å². The molecule has 0 bridgehead atoms. The van der Waals surface area contributed by atoms with Crippen LogP contribution < -0.4 is 0 Å². The van der Waals surface area contributed by atoms with Crippen molar-refractivity contribution in [1.29, 1.82) is 0 Å². The Balaban J connectivity index is 1.33. The predicted octanol–water partition coefficient (Wildman–Crippen LogP) is 6.25. The summed E-state index contributed by atoms with van der Waals surface area (Å²) in [5.41, 5.74) is 2.70. The summed E-state index contributed by atoms with van der Waals surface area (Å²) >= 11 is 0. The third kappa shape index (κ3) is 7.50. The molecule has 2 heterocycles. The number of hydrogen-bond acceptors (Lipinski definition) is 8. The van der Waals surface area contributed by atoms with Gasteiger partial charge in [0.2, 0.25) is 0 Å². The highest BCUT2D eigenvalue weighted by molar-refractivity contribution is 5.58. The Labute approximate surface area is 263 Å². The van der Waals surface area contributed by atoms with E-state index in [4.69, 9.17) is 19.0 Å². The fraction of sp³-hybridized carbons (Fsp3) is 0.235. The molecule has 0 aliphatic carbocycles. The first-order valence-corrected chi connectivity index (χ1v) is 14.6. The van der Waals surface area contributed by atoms with E-state index in [0.29, 0.717) is 5.23 Å². The van der Waals surface area contributed by atoms with Gasteiger partial charge in [-0.15, -0.1) is 5.10 Å². The van der Waals surface area contributed by atoms with Crippen molar-refractivity contribution < 1.29 is 37.4 Å². The van der Waals surface area contributed by atoms with Crippen LogP contribution in [-0.4, -0.2) is 50.5 Å². The molecule has 5 aromatic rings. The summed E-state index contributed by atoms with van der Waals surface area (Å²) in [5.74, 6) is -4.31. The van der Waals surface area contributed by atoms with Crippen molar-refractivity contribution in [3.63, 3.8) is 0 Å². The van der Waals surface area contributed by atoms with Gasteiger partial charge in [0.25, 0.3) is 0 Å². The van der Waals surface area contributed by atoms with Gasteiger partial charge in [0.1, 0.15) is 23.9 Å². The van der Waals surface area contributed by atoms with E-state index in [9.17, 15) is 18.4 Å². The topological polar surface area (TPSA) is 91.1 Å². The Kier molecular flexibility index (Phi) is 10.1. The van der Waals surface area contributed by atoms with Crippen molar-refractivity contribution in [2.24, 2.45) is 0 Å². The van der Waals surface area contributed by atoms with Crippen LogP contribution in [-0.2, 0) is 38.9 Å². The SMILES string of the molecule is ON1OC(COCc2ccccc2)[C@H](OCc2ccccc2)C(n2cc(-c3cc(F)c(F)c(F)c3)nn2)C1OCc1ccccc1. The highest BCUT2D eigenvalue weighted by Gasteiger charge is 2.48. The largest absolute Gasteiger partial charge is 0.374 e. The second kappa shape index (κ2) is 14.8. The van der Waals surface area contributed by atoms with Crippen molar-refractivity contribution in [3.8, 4) is 11.3 Å². The number of benzene rings is 4. The third-order valence-electron chi connectivity index (χ3n) is 7.49. The third-order valence-corrected chi connectivity index (χ3v) is 7.49. The van der Waals surface area contributed by atoms with E-state index in [1.807, 2.05) is 91.0 Å². The number of aromatic nitrogens is 3. The summed E-state index contributed by atoms with van der Waals surface area (Å²) < 4.78 is 61.9. The molecular weight excluding hydrogens is 601 g/mol. The minimum atomic E-state index is -1.58. The van der Waals surface area contributed by atoms with Crippen LogP contribution in [0.4, 0.5) is 13.2 Å². The first-order valence-electron chi connectivity index (χ1n) is 14.6. The minimum Gasteiger partial charge on any atom is -0.374 e. The van der Waals surface area contributed by atoms with E-state index in [1.165, 1.54) is 10.9 Å². The average molecular weight is 633 g/mol. The van der Waals surface area contributed by atoms with Crippen molar-refractivity contribution in [2.75, 3.05) is 6.61 Å². The van der Waals surface area contributed by atoms with Crippen molar-refractivity contribution in [2.45, 2.75) is 44.3 Å². The molecule has 3 unspecified atom stereocenters. The predicted molar refractivity (Wildman–Crippen MR) is 159 cm³/mol.